The molecule has 0 amide bonds. The molecular weight excluding hydrogens is 266 g/mol. The maximum Gasteiger partial charge on any atom is 0.339 e. The number of aryl methyl sites for hydroxylation is 1. The van der Waals surface area contributed by atoms with Crippen molar-refractivity contribution in [3.05, 3.63) is 17.0 Å². The van der Waals surface area contributed by atoms with Gasteiger partial charge in [-0.1, -0.05) is 0 Å². The third-order valence-electron chi connectivity index (χ3n) is 2.64. The standard InChI is InChI=1S/C11H13N5O4/c1-5-7(8(17)18)6(2)16(15-5)9-12-10(19-3)14-11(13-9)20-4/h1-4H3,(H,17,18). The van der Waals surface area contributed by atoms with Crippen LogP contribution in [-0.4, -0.2) is 50.0 Å². The number of rotatable bonds is 4. The zero-order valence-electron chi connectivity index (χ0n) is 11.4. The quantitative estimate of drug-likeness (QED) is 0.855. The maximum absolute atomic E-state index is 11.2. The summed E-state index contributed by atoms with van der Waals surface area (Å²) >= 11 is 0. The Kier molecular flexibility index (Phi) is 3.51. The van der Waals surface area contributed by atoms with E-state index in [-0.39, 0.29) is 23.5 Å². The van der Waals surface area contributed by atoms with E-state index < -0.39 is 5.97 Å². The van der Waals surface area contributed by atoms with Crippen LogP contribution in [-0.2, 0) is 0 Å². The highest BCUT2D eigenvalue weighted by Gasteiger charge is 2.21. The van der Waals surface area contributed by atoms with Crippen LogP contribution in [0.25, 0.3) is 5.95 Å². The van der Waals surface area contributed by atoms with Gasteiger partial charge in [-0.25, -0.2) is 9.48 Å². The van der Waals surface area contributed by atoms with Gasteiger partial charge >= 0.3 is 18.0 Å². The largest absolute Gasteiger partial charge is 0.478 e. The van der Waals surface area contributed by atoms with E-state index in [0.29, 0.717) is 11.4 Å². The van der Waals surface area contributed by atoms with Gasteiger partial charge in [-0.3, -0.25) is 0 Å². The van der Waals surface area contributed by atoms with Crippen LogP contribution in [0.15, 0.2) is 0 Å². The van der Waals surface area contributed by atoms with Crippen molar-refractivity contribution < 1.29 is 19.4 Å². The Bertz CT molecular complexity index is 645. The second kappa shape index (κ2) is 5.11. The van der Waals surface area contributed by atoms with Crippen LogP contribution in [0.3, 0.4) is 0 Å². The van der Waals surface area contributed by atoms with Crippen LogP contribution in [0.2, 0.25) is 0 Å². The molecule has 0 radical (unpaired) electrons. The molecular formula is C11H13N5O4. The summed E-state index contributed by atoms with van der Waals surface area (Å²) in [4.78, 5) is 23.1. The first-order valence-corrected chi connectivity index (χ1v) is 5.61. The van der Waals surface area contributed by atoms with Crippen molar-refractivity contribution in [1.29, 1.82) is 0 Å². The first kappa shape index (κ1) is 13.7. The van der Waals surface area contributed by atoms with Gasteiger partial charge in [0.2, 0.25) is 0 Å². The molecule has 2 aromatic rings. The molecule has 0 atom stereocenters. The molecule has 9 heteroatoms. The molecule has 0 aliphatic rings. The summed E-state index contributed by atoms with van der Waals surface area (Å²) in [7, 11) is 2.81. The number of aromatic nitrogens is 5. The molecule has 0 bridgehead atoms. The van der Waals surface area contributed by atoms with Gasteiger partial charge < -0.3 is 14.6 Å². The summed E-state index contributed by atoms with van der Waals surface area (Å²) in [6, 6.07) is 0.104. The van der Waals surface area contributed by atoms with Gasteiger partial charge in [-0.2, -0.15) is 15.1 Å². The molecule has 0 aromatic carbocycles. The summed E-state index contributed by atoms with van der Waals surface area (Å²) in [5, 5.41) is 13.3. The highest BCUT2D eigenvalue weighted by Crippen LogP contribution is 2.18. The van der Waals surface area contributed by atoms with Crippen molar-refractivity contribution in [2.45, 2.75) is 13.8 Å². The molecule has 106 valence electrons. The van der Waals surface area contributed by atoms with Crippen LogP contribution in [0, 0.1) is 13.8 Å². The minimum absolute atomic E-state index is 0.0521. The van der Waals surface area contributed by atoms with E-state index in [1.807, 2.05) is 0 Å². The van der Waals surface area contributed by atoms with Crippen LogP contribution < -0.4 is 9.47 Å². The van der Waals surface area contributed by atoms with Gasteiger partial charge in [-0.15, -0.1) is 4.98 Å². The van der Waals surface area contributed by atoms with E-state index in [9.17, 15) is 4.79 Å². The summed E-state index contributed by atoms with van der Waals surface area (Å²) < 4.78 is 11.2. The molecule has 0 spiro atoms. The lowest BCUT2D eigenvalue weighted by Crippen LogP contribution is -2.09. The first-order chi connectivity index (χ1) is 9.47. The number of hydrogen-bond donors (Lipinski definition) is 1. The van der Waals surface area contributed by atoms with Crippen LogP contribution in [0.4, 0.5) is 0 Å². The predicted octanol–water partition coefficient (Wildman–Crippen LogP) is 0.390. The molecule has 0 saturated heterocycles. The van der Waals surface area contributed by atoms with Crippen LogP contribution in [0.1, 0.15) is 21.7 Å². The van der Waals surface area contributed by atoms with Gasteiger partial charge in [0, 0.05) is 0 Å². The lowest BCUT2D eigenvalue weighted by Gasteiger charge is -2.06. The highest BCUT2D eigenvalue weighted by molar-refractivity contribution is 5.90. The zero-order chi connectivity index (χ0) is 14.9. The fourth-order valence-corrected chi connectivity index (χ4v) is 1.75. The van der Waals surface area contributed by atoms with Gasteiger partial charge in [0.05, 0.1) is 25.6 Å². The molecule has 0 saturated carbocycles. The molecule has 9 nitrogen and oxygen atoms in total. The Morgan fingerprint density at radius 3 is 2.05 bits per heavy atom. The van der Waals surface area contributed by atoms with Crippen molar-refractivity contribution in [2.75, 3.05) is 14.2 Å². The zero-order valence-corrected chi connectivity index (χ0v) is 11.4. The second-order valence-electron chi connectivity index (χ2n) is 3.87. The number of methoxy groups -OCH3 is 2. The summed E-state index contributed by atoms with van der Waals surface area (Å²) in [6.07, 6.45) is 0. The Hall–Kier alpha value is -2.71. The molecule has 1 N–H and O–H groups in total. The van der Waals surface area contributed by atoms with E-state index >= 15 is 0 Å². The fourth-order valence-electron chi connectivity index (χ4n) is 1.75. The summed E-state index contributed by atoms with van der Waals surface area (Å²) in [5.74, 6) is -0.930. The maximum atomic E-state index is 11.2. The smallest absolute Gasteiger partial charge is 0.339 e. The Morgan fingerprint density at radius 2 is 1.65 bits per heavy atom. The van der Waals surface area contributed by atoms with Crippen LogP contribution in [0.5, 0.6) is 12.0 Å². The first-order valence-electron chi connectivity index (χ1n) is 5.61. The highest BCUT2D eigenvalue weighted by atomic mass is 16.5. The molecule has 0 aliphatic carbocycles. The molecule has 0 aliphatic heterocycles. The number of hydrogen-bond acceptors (Lipinski definition) is 7. The van der Waals surface area contributed by atoms with Crippen molar-refractivity contribution in [3.8, 4) is 18.0 Å². The lowest BCUT2D eigenvalue weighted by atomic mass is 10.2. The molecule has 2 heterocycles. The van der Waals surface area contributed by atoms with E-state index in [4.69, 9.17) is 14.6 Å². The number of nitrogens with zero attached hydrogens (tertiary/aromatic N) is 5. The van der Waals surface area contributed by atoms with Gasteiger partial charge in [0.15, 0.2) is 0 Å². The van der Waals surface area contributed by atoms with Gasteiger partial charge in [0.25, 0.3) is 5.95 Å². The number of carboxylic acid groups (broad SMARTS) is 1. The lowest BCUT2D eigenvalue weighted by molar-refractivity contribution is 0.0695. The topological polar surface area (TPSA) is 112 Å². The molecule has 2 rings (SSSR count). The minimum Gasteiger partial charge on any atom is -0.478 e. The van der Waals surface area contributed by atoms with Crippen molar-refractivity contribution >= 4 is 5.97 Å². The third kappa shape index (κ3) is 2.25. The number of ether oxygens (including phenoxy) is 2. The molecule has 0 unspecified atom stereocenters. The molecule has 2 aromatic heterocycles. The third-order valence-corrected chi connectivity index (χ3v) is 2.64. The number of aromatic carboxylic acids is 1. The average molecular weight is 279 g/mol. The summed E-state index contributed by atoms with van der Waals surface area (Å²) in [5.41, 5.74) is 0.891. The average Bonchev–Trinajstić information content (AvgIpc) is 2.73. The Morgan fingerprint density at radius 1 is 1.10 bits per heavy atom. The molecule has 20 heavy (non-hydrogen) atoms. The van der Waals surface area contributed by atoms with E-state index in [0.717, 1.165) is 0 Å². The monoisotopic (exact) mass is 279 g/mol. The minimum atomic E-state index is -1.06. The van der Waals surface area contributed by atoms with E-state index in [1.165, 1.54) is 18.9 Å². The Labute approximate surface area is 114 Å². The van der Waals surface area contributed by atoms with Crippen molar-refractivity contribution in [1.82, 2.24) is 24.7 Å². The van der Waals surface area contributed by atoms with Crippen molar-refractivity contribution in [3.63, 3.8) is 0 Å². The van der Waals surface area contributed by atoms with E-state index in [1.54, 1.807) is 13.8 Å². The Balaban J connectivity index is 2.62. The predicted molar refractivity (Wildman–Crippen MR) is 66.5 cm³/mol. The van der Waals surface area contributed by atoms with Crippen LogP contribution >= 0.6 is 0 Å². The number of carboxylic acids is 1. The normalized spacial score (nSPS) is 10.4. The SMILES string of the molecule is COc1nc(OC)nc(-n2nc(C)c(C(=O)O)c2C)n1. The fraction of sp³-hybridized carbons (Fsp3) is 0.364. The van der Waals surface area contributed by atoms with Gasteiger partial charge in [0.1, 0.15) is 5.56 Å². The van der Waals surface area contributed by atoms with Crippen molar-refractivity contribution in [2.24, 2.45) is 0 Å². The number of carbonyl (C=O) groups is 1. The summed E-state index contributed by atoms with van der Waals surface area (Å²) in [6.45, 7) is 3.22. The van der Waals surface area contributed by atoms with E-state index in [2.05, 4.69) is 20.1 Å². The second-order valence-corrected chi connectivity index (χ2v) is 3.87. The molecule has 0 fully saturated rings. The van der Waals surface area contributed by atoms with Gasteiger partial charge in [-0.05, 0) is 13.8 Å².